The Hall–Kier alpha value is -2.88. The summed E-state index contributed by atoms with van der Waals surface area (Å²) in [5, 5.41) is 2.29. The van der Waals surface area contributed by atoms with Crippen LogP contribution >= 0.6 is 0 Å². The lowest BCUT2D eigenvalue weighted by Crippen LogP contribution is -2.31. The van der Waals surface area contributed by atoms with Crippen molar-refractivity contribution >= 4 is 23.4 Å². The first-order valence-electron chi connectivity index (χ1n) is 10.3. The first-order chi connectivity index (χ1) is 13.8. The molecule has 0 bridgehead atoms. The third kappa shape index (κ3) is 4.26. The van der Waals surface area contributed by atoms with Crippen LogP contribution in [0.4, 0.5) is 0 Å². The number of imidazole rings is 2. The summed E-state index contributed by atoms with van der Waals surface area (Å²) in [6.45, 7) is 16.9. The van der Waals surface area contributed by atoms with Crippen LogP contribution in [0.25, 0.3) is 23.4 Å². The van der Waals surface area contributed by atoms with Crippen LogP contribution in [-0.4, -0.2) is 19.4 Å². The number of allylic oxidation sites excluding steroid dienone is 3. The van der Waals surface area contributed by atoms with E-state index in [1.165, 1.54) is 16.5 Å². The Bertz CT molecular complexity index is 1180. The van der Waals surface area contributed by atoms with Crippen molar-refractivity contribution in [1.82, 2.24) is 19.4 Å². The van der Waals surface area contributed by atoms with Gasteiger partial charge in [0.15, 0.2) is 0 Å². The lowest BCUT2D eigenvalue weighted by Gasteiger charge is -2.21. The van der Waals surface area contributed by atoms with Crippen LogP contribution in [0.1, 0.15) is 70.9 Å². The number of pyridine rings is 1. The van der Waals surface area contributed by atoms with Crippen molar-refractivity contribution in [2.75, 3.05) is 0 Å². The smallest absolute Gasteiger partial charge is 0.145 e. The van der Waals surface area contributed by atoms with E-state index in [4.69, 9.17) is 4.98 Å². The molecule has 0 atom stereocenters. The van der Waals surface area contributed by atoms with Gasteiger partial charge in [-0.05, 0) is 37.1 Å². The predicted molar refractivity (Wildman–Crippen MR) is 123 cm³/mol. The number of aromatic amines is 1. The topological polar surface area (TPSA) is 46.0 Å². The van der Waals surface area contributed by atoms with Gasteiger partial charge in [0.05, 0.1) is 5.69 Å². The van der Waals surface area contributed by atoms with Gasteiger partial charge < -0.3 is 9.38 Å². The maximum atomic E-state index is 5.00. The number of nitrogens with zero attached hydrogens (tertiary/aromatic N) is 3. The molecule has 0 aromatic carbocycles. The summed E-state index contributed by atoms with van der Waals surface area (Å²) < 4.78 is 2.23. The number of fused-ring (bicyclic) bond motifs is 1. The first kappa shape index (κ1) is 20.8. The van der Waals surface area contributed by atoms with E-state index in [0.717, 1.165) is 40.9 Å². The van der Waals surface area contributed by atoms with Gasteiger partial charge in [-0.2, -0.15) is 0 Å². The molecule has 4 nitrogen and oxygen atoms in total. The van der Waals surface area contributed by atoms with E-state index in [9.17, 15) is 0 Å². The van der Waals surface area contributed by atoms with Gasteiger partial charge in [0.25, 0.3) is 0 Å². The summed E-state index contributed by atoms with van der Waals surface area (Å²) in [6.07, 6.45) is 14.0. The normalized spacial score (nSPS) is 14.2. The summed E-state index contributed by atoms with van der Waals surface area (Å²) in [7, 11) is 0. The van der Waals surface area contributed by atoms with Crippen LogP contribution in [0.3, 0.4) is 0 Å². The summed E-state index contributed by atoms with van der Waals surface area (Å²) in [5.41, 5.74) is 5.49. The average Bonchev–Trinajstić information content (AvgIpc) is 3.28. The third-order valence-electron chi connectivity index (χ3n) is 5.11. The third-order valence-corrected chi connectivity index (χ3v) is 5.11. The van der Waals surface area contributed by atoms with Crippen LogP contribution in [-0.2, 0) is 11.8 Å². The molecule has 3 rings (SSSR count). The maximum Gasteiger partial charge on any atom is 0.145 e. The predicted octanol–water partition coefficient (Wildman–Crippen LogP) is 4.53. The lowest BCUT2D eigenvalue weighted by atomic mass is 9.90. The van der Waals surface area contributed by atoms with Gasteiger partial charge >= 0.3 is 0 Å². The molecule has 0 fully saturated rings. The Morgan fingerprint density at radius 1 is 1.31 bits per heavy atom. The number of nitrogens with one attached hydrogen (secondary N) is 1. The molecule has 0 aliphatic rings. The fourth-order valence-corrected chi connectivity index (χ4v) is 3.66. The standard InChI is InChI=1S/C25H32N4/c1-8-11-17(4)23-26-15-19(27-23)14-20-16-29-22(25(5,6)7)13-18(10-3)21(12-9-2)24(29)28-20/h9-13,15-16H,2,8,14H2,1,3-7H3,(H,26,27)/b17-11+,18-10-,21-12+. The fourth-order valence-electron chi connectivity index (χ4n) is 3.66. The van der Waals surface area contributed by atoms with Crippen molar-refractivity contribution in [2.24, 2.45) is 0 Å². The highest BCUT2D eigenvalue weighted by Crippen LogP contribution is 2.22. The highest BCUT2D eigenvalue weighted by molar-refractivity contribution is 5.57. The van der Waals surface area contributed by atoms with Gasteiger partial charge in [0, 0.05) is 40.8 Å². The van der Waals surface area contributed by atoms with Crippen LogP contribution < -0.4 is 10.4 Å². The highest BCUT2D eigenvalue weighted by Gasteiger charge is 2.19. The Morgan fingerprint density at radius 3 is 2.69 bits per heavy atom. The zero-order valence-corrected chi connectivity index (χ0v) is 18.5. The molecule has 0 spiro atoms. The second-order valence-electron chi connectivity index (χ2n) is 8.49. The minimum absolute atomic E-state index is 0.00387. The molecule has 0 unspecified atom stereocenters. The minimum atomic E-state index is 0.00387. The summed E-state index contributed by atoms with van der Waals surface area (Å²) in [5.74, 6) is 0.935. The van der Waals surface area contributed by atoms with E-state index in [2.05, 4.69) is 86.9 Å². The monoisotopic (exact) mass is 388 g/mol. The average molecular weight is 389 g/mol. The van der Waals surface area contributed by atoms with E-state index >= 15 is 0 Å². The molecule has 0 saturated carbocycles. The van der Waals surface area contributed by atoms with E-state index in [1.54, 1.807) is 0 Å². The molecule has 0 aliphatic carbocycles. The first-order valence-corrected chi connectivity index (χ1v) is 10.3. The van der Waals surface area contributed by atoms with Crippen LogP contribution in [0.2, 0.25) is 0 Å². The molecule has 3 heterocycles. The molecule has 0 saturated heterocycles. The number of H-pyrrole nitrogens is 1. The molecule has 29 heavy (non-hydrogen) atoms. The van der Waals surface area contributed by atoms with Crippen molar-refractivity contribution in [2.45, 2.75) is 59.8 Å². The molecular formula is C25H32N4. The van der Waals surface area contributed by atoms with Crippen LogP contribution in [0.15, 0.2) is 37.2 Å². The molecule has 0 radical (unpaired) electrons. The maximum absolute atomic E-state index is 5.00. The summed E-state index contributed by atoms with van der Waals surface area (Å²) in [6, 6.07) is 2.26. The molecule has 4 heteroatoms. The van der Waals surface area contributed by atoms with Crippen LogP contribution in [0, 0.1) is 0 Å². The van der Waals surface area contributed by atoms with E-state index in [-0.39, 0.29) is 5.41 Å². The number of aromatic nitrogens is 4. The summed E-state index contributed by atoms with van der Waals surface area (Å²) in [4.78, 5) is 13.0. The zero-order valence-electron chi connectivity index (χ0n) is 18.5. The van der Waals surface area contributed by atoms with Gasteiger partial charge in [-0.25, -0.2) is 9.97 Å². The largest absolute Gasteiger partial charge is 0.342 e. The molecule has 1 N–H and O–H groups in total. The van der Waals surface area contributed by atoms with E-state index < -0.39 is 0 Å². The molecule has 152 valence electrons. The van der Waals surface area contributed by atoms with Gasteiger partial charge in [-0.3, -0.25) is 0 Å². The number of hydrogen-bond acceptors (Lipinski definition) is 2. The molecule has 3 aromatic heterocycles. The Balaban J connectivity index is 2.14. The van der Waals surface area contributed by atoms with Crippen molar-refractivity contribution in [1.29, 1.82) is 0 Å². The van der Waals surface area contributed by atoms with Crippen molar-refractivity contribution < 1.29 is 0 Å². The van der Waals surface area contributed by atoms with Gasteiger partial charge in [-0.15, -0.1) is 0 Å². The highest BCUT2D eigenvalue weighted by atomic mass is 15.0. The molecular weight excluding hydrogens is 356 g/mol. The fraction of sp³-hybridized carbons (Fsp3) is 0.360. The van der Waals surface area contributed by atoms with Crippen molar-refractivity contribution in [3.63, 3.8) is 0 Å². The Labute approximate surface area is 173 Å². The van der Waals surface area contributed by atoms with Gasteiger partial charge in [0.1, 0.15) is 11.5 Å². The van der Waals surface area contributed by atoms with Crippen molar-refractivity contribution in [3.8, 4) is 0 Å². The SMILES string of the molecule is C=C/C=c1\c(=C/C)cc(C(C)(C)C)n2cc(Cc3cnc(/C(C)=C/CC)[nH]3)nc12. The zero-order chi connectivity index (χ0) is 21.2. The second kappa shape index (κ2) is 8.24. The van der Waals surface area contributed by atoms with E-state index in [0.29, 0.717) is 0 Å². The molecule has 3 aromatic rings. The van der Waals surface area contributed by atoms with Crippen molar-refractivity contribution in [3.05, 3.63) is 70.5 Å². The summed E-state index contributed by atoms with van der Waals surface area (Å²) >= 11 is 0. The number of hydrogen-bond donors (Lipinski definition) is 1. The van der Waals surface area contributed by atoms with Crippen LogP contribution in [0.5, 0.6) is 0 Å². The Kier molecular flexibility index (Phi) is 5.92. The molecule has 0 aliphatic heterocycles. The van der Waals surface area contributed by atoms with Gasteiger partial charge in [0.2, 0.25) is 0 Å². The Morgan fingerprint density at radius 2 is 2.07 bits per heavy atom. The lowest BCUT2D eigenvalue weighted by molar-refractivity contribution is 0.559. The minimum Gasteiger partial charge on any atom is -0.342 e. The molecule has 0 amide bonds. The van der Waals surface area contributed by atoms with E-state index in [1.807, 2.05) is 18.3 Å². The number of rotatable bonds is 5. The second-order valence-corrected chi connectivity index (χ2v) is 8.49. The van der Waals surface area contributed by atoms with Gasteiger partial charge in [-0.1, -0.05) is 58.6 Å². The quantitative estimate of drug-likeness (QED) is 0.698.